The van der Waals surface area contributed by atoms with Crippen molar-refractivity contribution in [1.29, 1.82) is 0 Å². The van der Waals surface area contributed by atoms with E-state index in [0.717, 1.165) is 0 Å². The Morgan fingerprint density at radius 1 is 1.21 bits per heavy atom. The lowest BCUT2D eigenvalue weighted by molar-refractivity contribution is 0.0991. The molecule has 2 aromatic carbocycles. The lowest BCUT2D eigenvalue weighted by atomic mass is 10.0. The molecule has 0 amide bonds. The van der Waals surface area contributed by atoms with Crippen LogP contribution >= 0.6 is 34.2 Å². The van der Waals surface area contributed by atoms with Gasteiger partial charge in [-0.05, 0) is 52.4 Å². The van der Waals surface area contributed by atoms with Gasteiger partial charge in [0.25, 0.3) is 0 Å². The molecular weight excluding hydrogens is 385 g/mol. The van der Waals surface area contributed by atoms with E-state index in [0.29, 0.717) is 9.13 Å². The number of Topliss-reactive ketones (excluding diaryl/α,β-unsaturated/α-hetero) is 1. The van der Waals surface area contributed by atoms with E-state index < -0.39 is 11.6 Å². The van der Waals surface area contributed by atoms with E-state index in [1.165, 1.54) is 30.3 Å². The van der Waals surface area contributed by atoms with E-state index in [2.05, 4.69) is 0 Å². The standard InChI is InChI=1S/C14H8ClF2IO/c15-11-3-1-2-8(14(11)17)6-13(19)10-5-4-9(16)7-12(10)18/h1-5,7H,6H2. The number of rotatable bonds is 3. The first-order valence-corrected chi connectivity index (χ1v) is 6.86. The van der Waals surface area contributed by atoms with Crippen LogP contribution in [0.5, 0.6) is 0 Å². The highest BCUT2D eigenvalue weighted by atomic mass is 127. The molecule has 98 valence electrons. The van der Waals surface area contributed by atoms with Crippen molar-refractivity contribution in [3.63, 3.8) is 0 Å². The fourth-order valence-corrected chi connectivity index (χ4v) is 2.64. The minimum Gasteiger partial charge on any atom is -0.294 e. The number of hydrogen-bond acceptors (Lipinski definition) is 1. The van der Waals surface area contributed by atoms with Crippen molar-refractivity contribution in [3.8, 4) is 0 Å². The molecule has 0 radical (unpaired) electrons. The maximum atomic E-state index is 13.7. The summed E-state index contributed by atoms with van der Waals surface area (Å²) in [6.45, 7) is 0. The van der Waals surface area contributed by atoms with Gasteiger partial charge in [-0.15, -0.1) is 0 Å². The molecule has 0 unspecified atom stereocenters. The number of halogens is 4. The van der Waals surface area contributed by atoms with Gasteiger partial charge in [0.1, 0.15) is 11.6 Å². The molecule has 5 heteroatoms. The summed E-state index contributed by atoms with van der Waals surface area (Å²) < 4.78 is 27.2. The van der Waals surface area contributed by atoms with Crippen LogP contribution in [0.25, 0.3) is 0 Å². The Balaban J connectivity index is 2.28. The van der Waals surface area contributed by atoms with Crippen LogP contribution in [-0.2, 0) is 6.42 Å². The molecule has 0 aliphatic rings. The Morgan fingerprint density at radius 3 is 2.63 bits per heavy atom. The van der Waals surface area contributed by atoms with Crippen molar-refractivity contribution in [2.45, 2.75) is 6.42 Å². The predicted octanol–water partition coefficient (Wildman–Crippen LogP) is 4.65. The van der Waals surface area contributed by atoms with Crippen LogP contribution in [0, 0.1) is 15.2 Å². The second kappa shape index (κ2) is 5.96. The Morgan fingerprint density at radius 2 is 1.95 bits per heavy atom. The topological polar surface area (TPSA) is 17.1 Å². The van der Waals surface area contributed by atoms with E-state index in [1.54, 1.807) is 6.07 Å². The van der Waals surface area contributed by atoms with Crippen LogP contribution in [0.3, 0.4) is 0 Å². The zero-order chi connectivity index (χ0) is 14.0. The van der Waals surface area contributed by atoms with Gasteiger partial charge in [0.2, 0.25) is 0 Å². The van der Waals surface area contributed by atoms with Crippen molar-refractivity contribution >= 4 is 40.0 Å². The zero-order valence-corrected chi connectivity index (χ0v) is 12.5. The molecule has 0 heterocycles. The highest BCUT2D eigenvalue weighted by molar-refractivity contribution is 14.1. The summed E-state index contributed by atoms with van der Waals surface area (Å²) in [4.78, 5) is 12.1. The smallest absolute Gasteiger partial charge is 0.168 e. The molecule has 0 aromatic heterocycles. The van der Waals surface area contributed by atoms with Crippen LogP contribution in [0.1, 0.15) is 15.9 Å². The molecule has 0 saturated heterocycles. The third-order valence-corrected chi connectivity index (χ3v) is 3.80. The highest BCUT2D eigenvalue weighted by Gasteiger charge is 2.15. The molecule has 0 aliphatic heterocycles. The number of ketones is 1. The summed E-state index contributed by atoms with van der Waals surface area (Å²) in [5.41, 5.74) is 0.610. The molecule has 0 atom stereocenters. The summed E-state index contributed by atoms with van der Waals surface area (Å²) in [7, 11) is 0. The second-order valence-electron chi connectivity index (χ2n) is 3.94. The fourth-order valence-electron chi connectivity index (χ4n) is 1.67. The largest absolute Gasteiger partial charge is 0.294 e. The normalized spacial score (nSPS) is 10.5. The molecule has 0 aliphatic carbocycles. The van der Waals surface area contributed by atoms with E-state index in [9.17, 15) is 13.6 Å². The summed E-state index contributed by atoms with van der Waals surface area (Å²) in [5.74, 6) is -1.27. The van der Waals surface area contributed by atoms with Crippen molar-refractivity contribution in [2.75, 3.05) is 0 Å². The predicted molar refractivity (Wildman–Crippen MR) is 78.6 cm³/mol. The van der Waals surface area contributed by atoms with E-state index in [1.807, 2.05) is 22.6 Å². The first-order chi connectivity index (χ1) is 8.99. The van der Waals surface area contributed by atoms with Crippen molar-refractivity contribution < 1.29 is 13.6 Å². The quantitative estimate of drug-likeness (QED) is 0.549. The van der Waals surface area contributed by atoms with Crippen LogP contribution < -0.4 is 0 Å². The monoisotopic (exact) mass is 392 g/mol. The Kier molecular flexibility index (Phi) is 4.52. The maximum Gasteiger partial charge on any atom is 0.168 e. The van der Waals surface area contributed by atoms with Crippen LogP contribution in [0.15, 0.2) is 36.4 Å². The number of benzene rings is 2. The third kappa shape index (κ3) is 3.30. The number of hydrogen-bond donors (Lipinski definition) is 0. The number of carbonyl (C=O) groups excluding carboxylic acids is 1. The van der Waals surface area contributed by atoms with Gasteiger partial charge in [-0.2, -0.15) is 0 Å². The lowest BCUT2D eigenvalue weighted by Crippen LogP contribution is -2.07. The van der Waals surface area contributed by atoms with E-state index >= 15 is 0 Å². The molecule has 0 spiro atoms. The molecule has 2 rings (SSSR count). The van der Waals surface area contributed by atoms with Gasteiger partial charge in [0.05, 0.1) is 5.02 Å². The van der Waals surface area contributed by atoms with Gasteiger partial charge in [0.15, 0.2) is 5.78 Å². The van der Waals surface area contributed by atoms with Crippen LogP contribution in [0.2, 0.25) is 5.02 Å². The minimum atomic E-state index is -0.588. The fraction of sp³-hybridized carbons (Fsp3) is 0.0714. The Labute approximate surface area is 127 Å². The molecule has 0 fully saturated rings. The van der Waals surface area contributed by atoms with Crippen LogP contribution in [-0.4, -0.2) is 5.78 Å². The molecule has 19 heavy (non-hydrogen) atoms. The average Bonchev–Trinajstić information content (AvgIpc) is 2.34. The van der Waals surface area contributed by atoms with E-state index in [4.69, 9.17) is 11.6 Å². The van der Waals surface area contributed by atoms with Gasteiger partial charge in [-0.3, -0.25) is 4.79 Å². The Bertz CT molecular complexity index is 643. The summed E-state index contributed by atoms with van der Waals surface area (Å²) in [6, 6.07) is 8.40. The molecule has 1 nitrogen and oxygen atoms in total. The van der Waals surface area contributed by atoms with Crippen molar-refractivity contribution in [1.82, 2.24) is 0 Å². The van der Waals surface area contributed by atoms with E-state index in [-0.39, 0.29) is 22.8 Å². The molecular formula is C14H8ClF2IO. The minimum absolute atomic E-state index is 0.0147. The molecule has 0 N–H and O–H groups in total. The first-order valence-electron chi connectivity index (χ1n) is 5.40. The summed E-state index contributed by atoms with van der Waals surface area (Å²) >= 11 is 7.54. The van der Waals surface area contributed by atoms with Gasteiger partial charge in [-0.25, -0.2) is 8.78 Å². The van der Waals surface area contributed by atoms with Crippen molar-refractivity contribution in [2.24, 2.45) is 0 Å². The van der Waals surface area contributed by atoms with Gasteiger partial charge >= 0.3 is 0 Å². The second-order valence-corrected chi connectivity index (χ2v) is 5.51. The maximum absolute atomic E-state index is 13.7. The molecule has 0 saturated carbocycles. The molecule has 2 aromatic rings. The third-order valence-electron chi connectivity index (χ3n) is 2.61. The van der Waals surface area contributed by atoms with Gasteiger partial charge < -0.3 is 0 Å². The highest BCUT2D eigenvalue weighted by Crippen LogP contribution is 2.21. The molecule has 0 bridgehead atoms. The first kappa shape index (κ1) is 14.4. The summed E-state index contributed by atoms with van der Waals surface area (Å²) in [6.07, 6.45) is -0.103. The number of carbonyl (C=O) groups is 1. The van der Waals surface area contributed by atoms with Crippen molar-refractivity contribution in [3.05, 3.63) is 67.8 Å². The lowest BCUT2D eigenvalue weighted by Gasteiger charge is -2.06. The SMILES string of the molecule is O=C(Cc1cccc(Cl)c1F)c1ccc(F)cc1I. The van der Waals surface area contributed by atoms with Gasteiger partial charge in [0, 0.05) is 15.6 Å². The van der Waals surface area contributed by atoms with Gasteiger partial charge in [-0.1, -0.05) is 23.7 Å². The van der Waals surface area contributed by atoms with Crippen LogP contribution in [0.4, 0.5) is 8.78 Å². The Hall–Kier alpha value is -1.01. The summed E-state index contributed by atoms with van der Waals surface area (Å²) in [5, 5.41) is -0.0147. The zero-order valence-electron chi connectivity index (χ0n) is 9.59. The average molecular weight is 393 g/mol.